The van der Waals surface area contributed by atoms with Crippen molar-refractivity contribution < 1.29 is 19.1 Å². The van der Waals surface area contributed by atoms with Gasteiger partial charge in [0.2, 0.25) is 5.91 Å². The van der Waals surface area contributed by atoms with Crippen molar-refractivity contribution in [3.8, 4) is 0 Å². The average molecular weight is 282 g/mol. The molecule has 0 N–H and O–H groups in total. The molecule has 0 spiro atoms. The summed E-state index contributed by atoms with van der Waals surface area (Å²) in [5, 5.41) is 3.58. The lowest BCUT2D eigenvalue weighted by molar-refractivity contribution is -0.148. The molecule has 6 nitrogen and oxygen atoms in total. The summed E-state index contributed by atoms with van der Waals surface area (Å²) in [6, 6.07) is 1.73. The van der Waals surface area contributed by atoms with Crippen molar-refractivity contribution in [1.29, 1.82) is 0 Å². The summed E-state index contributed by atoms with van der Waals surface area (Å²) in [5.74, 6) is -0.835. The molecule has 19 heavy (non-hydrogen) atoms. The number of hydrogen-bond donors (Lipinski definition) is 0. The van der Waals surface area contributed by atoms with E-state index in [4.69, 9.17) is 0 Å². The van der Waals surface area contributed by atoms with E-state index in [1.165, 1.54) is 28.2 Å². The quantitative estimate of drug-likeness (QED) is 0.743. The molecule has 7 heteroatoms. The molecule has 1 aromatic rings. The molecule has 0 bridgehead atoms. The van der Waals surface area contributed by atoms with Gasteiger partial charge in [0.1, 0.15) is 13.1 Å². The van der Waals surface area contributed by atoms with Crippen LogP contribution in [-0.4, -0.2) is 60.9 Å². The predicted molar refractivity (Wildman–Crippen MR) is 68.8 cm³/mol. The molecule has 1 aliphatic rings. The van der Waals surface area contributed by atoms with E-state index in [1.54, 1.807) is 11.4 Å². The van der Waals surface area contributed by atoms with Gasteiger partial charge in [0, 0.05) is 18.5 Å². The highest BCUT2D eigenvalue weighted by Gasteiger charge is 2.29. The standard InChI is InChI=1S/C12H14N2O4S/c1-18-11(16)7-13-3-4-14(6-10(13)15)12(17)9-2-5-19-8-9/h2,5,8H,3-4,6-7H2,1H3. The number of esters is 1. The van der Waals surface area contributed by atoms with E-state index in [1.807, 2.05) is 5.38 Å². The van der Waals surface area contributed by atoms with Crippen molar-refractivity contribution in [1.82, 2.24) is 9.80 Å². The summed E-state index contributed by atoms with van der Waals surface area (Å²) in [4.78, 5) is 38.0. The molecule has 2 amide bonds. The van der Waals surface area contributed by atoms with Crippen molar-refractivity contribution >= 4 is 29.1 Å². The average Bonchev–Trinajstić information content (AvgIpc) is 2.94. The zero-order chi connectivity index (χ0) is 13.8. The molecule has 1 fully saturated rings. The molecule has 0 atom stereocenters. The van der Waals surface area contributed by atoms with Crippen LogP contribution < -0.4 is 0 Å². The summed E-state index contributed by atoms with van der Waals surface area (Å²) < 4.78 is 4.52. The number of piperazine rings is 1. The molecule has 0 saturated carbocycles. The van der Waals surface area contributed by atoms with E-state index in [2.05, 4.69) is 4.74 Å². The molecule has 2 rings (SSSR count). The van der Waals surface area contributed by atoms with Crippen molar-refractivity contribution in [2.75, 3.05) is 33.3 Å². The number of thiophene rings is 1. The van der Waals surface area contributed by atoms with Gasteiger partial charge in [-0.15, -0.1) is 0 Å². The van der Waals surface area contributed by atoms with Gasteiger partial charge in [0.05, 0.1) is 12.7 Å². The molecule has 1 aliphatic heterocycles. The summed E-state index contributed by atoms with van der Waals surface area (Å²) in [5.41, 5.74) is 0.596. The van der Waals surface area contributed by atoms with E-state index >= 15 is 0 Å². The molecule has 0 aliphatic carbocycles. The maximum absolute atomic E-state index is 12.1. The van der Waals surface area contributed by atoms with Gasteiger partial charge in [-0.05, 0) is 11.4 Å². The first kappa shape index (κ1) is 13.5. The van der Waals surface area contributed by atoms with Gasteiger partial charge in [-0.1, -0.05) is 0 Å². The Kier molecular flexibility index (Phi) is 4.16. The Labute approximate surface area is 114 Å². The molecule has 0 unspecified atom stereocenters. The van der Waals surface area contributed by atoms with Crippen LogP contribution in [0.5, 0.6) is 0 Å². The normalized spacial score (nSPS) is 15.5. The number of rotatable bonds is 3. The fraction of sp³-hybridized carbons (Fsp3) is 0.417. The first-order valence-electron chi connectivity index (χ1n) is 5.78. The third kappa shape index (κ3) is 3.11. The number of amides is 2. The van der Waals surface area contributed by atoms with Crippen LogP contribution in [-0.2, 0) is 14.3 Å². The Hall–Kier alpha value is -1.89. The number of ether oxygens (including phenoxy) is 1. The maximum atomic E-state index is 12.1. The van der Waals surface area contributed by atoms with Gasteiger partial charge < -0.3 is 14.5 Å². The van der Waals surface area contributed by atoms with Crippen LogP contribution in [0.2, 0.25) is 0 Å². The lowest BCUT2D eigenvalue weighted by Crippen LogP contribution is -2.53. The molecule has 102 valence electrons. The van der Waals surface area contributed by atoms with Gasteiger partial charge in [0.15, 0.2) is 0 Å². The highest BCUT2D eigenvalue weighted by atomic mass is 32.1. The van der Waals surface area contributed by atoms with Crippen molar-refractivity contribution in [3.63, 3.8) is 0 Å². The minimum absolute atomic E-state index is 0.00563. The molecule has 1 saturated heterocycles. The number of nitrogens with zero attached hydrogens (tertiary/aromatic N) is 2. The Morgan fingerprint density at radius 1 is 1.42 bits per heavy atom. The first-order valence-corrected chi connectivity index (χ1v) is 6.72. The van der Waals surface area contributed by atoms with Gasteiger partial charge in [-0.25, -0.2) is 0 Å². The molecule has 1 aromatic heterocycles. The molecular formula is C12H14N2O4S. The highest BCUT2D eigenvalue weighted by molar-refractivity contribution is 7.08. The van der Waals surface area contributed by atoms with E-state index in [9.17, 15) is 14.4 Å². The Morgan fingerprint density at radius 2 is 2.21 bits per heavy atom. The molecule has 0 radical (unpaired) electrons. The van der Waals surface area contributed by atoms with Gasteiger partial charge >= 0.3 is 5.97 Å². The number of carbonyl (C=O) groups is 3. The Bertz CT molecular complexity index is 486. The van der Waals surface area contributed by atoms with Crippen LogP contribution in [0.1, 0.15) is 10.4 Å². The molecule has 2 heterocycles. The lowest BCUT2D eigenvalue weighted by Gasteiger charge is -2.33. The van der Waals surface area contributed by atoms with Crippen molar-refractivity contribution in [3.05, 3.63) is 22.4 Å². The third-order valence-corrected chi connectivity index (χ3v) is 3.60. The minimum atomic E-state index is -0.453. The van der Waals surface area contributed by atoms with Crippen LogP contribution in [0.15, 0.2) is 16.8 Å². The number of methoxy groups -OCH3 is 1. The van der Waals surface area contributed by atoms with Crippen LogP contribution in [0.3, 0.4) is 0 Å². The van der Waals surface area contributed by atoms with Crippen LogP contribution in [0, 0.1) is 0 Å². The first-order chi connectivity index (χ1) is 9.11. The zero-order valence-electron chi connectivity index (χ0n) is 10.5. The smallest absolute Gasteiger partial charge is 0.325 e. The van der Waals surface area contributed by atoms with Crippen molar-refractivity contribution in [2.24, 2.45) is 0 Å². The maximum Gasteiger partial charge on any atom is 0.325 e. The Balaban J connectivity index is 1.95. The largest absolute Gasteiger partial charge is 0.468 e. The summed E-state index contributed by atoms with van der Waals surface area (Å²) in [6.45, 7) is 0.725. The van der Waals surface area contributed by atoms with Gasteiger partial charge in [-0.3, -0.25) is 14.4 Å². The monoisotopic (exact) mass is 282 g/mol. The Morgan fingerprint density at radius 3 is 2.79 bits per heavy atom. The second-order valence-electron chi connectivity index (χ2n) is 4.13. The molecule has 0 aromatic carbocycles. The predicted octanol–water partition coefficient (Wildman–Crippen LogP) is 0.205. The fourth-order valence-electron chi connectivity index (χ4n) is 1.84. The summed E-state index contributed by atoms with van der Waals surface area (Å²) in [7, 11) is 1.28. The lowest BCUT2D eigenvalue weighted by atomic mass is 10.2. The van der Waals surface area contributed by atoms with E-state index in [-0.39, 0.29) is 24.9 Å². The highest BCUT2D eigenvalue weighted by Crippen LogP contribution is 2.12. The fourth-order valence-corrected chi connectivity index (χ4v) is 2.47. The third-order valence-electron chi connectivity index (χ3n) is 2.92. The zero-order valence-corrected chi connectivity index (χ0v) is 11.3. The SMILES string of the molecule is COC(=O)CN1CCN(C(=O)c2ccsc2)CC1=O. The molecular weight excluding hydrogens is 268 g/mol. The van der Waals surface area contributed by atoms with Crippen molar-refractivity contribution in [2.45, 2.75) is 0 Å². The van der Waals surface area contributed by atoms with Crippen LogP contribution >= 0.6 is 11.3 Å². The second kappa shape index (κ2) is 5.83. The van der Waals surface area contributed by atoms with Gasteiger partial charge in [0.25, 0.3) is 5.91 Å². The summed E-state index contributed by atoms with van der Waals surface area (Å²) in [6.07, 6.45) is 0. The second-order valence-corrected chi connectivity index (χ2v) is 4.91. The minimum Gasteiger partial charge on any atom is -0.468 e. The van der Waals surface area contributed by atoms with Crippen LogP contribution in [0.25, 0.3) is 0 Å². The number of hydrogen-bond acceptors (Lipinski definition) is 5. The topological polar surface area (TPSA) is 66.9 Å². The summed E-state index contributed by atoms with van der Waals surface area (Å²) >= 11 is 1.44. The van der Waals surface area contributed by atoms with E-state index in [0.29, 0.717) is 18.7 Å². The van der Waals surface area contributed by atoms with Gasteiger partial charge in [-0.2, -0.15) is 11.3 Å². The van der Waals surface area contributed by atoms with E-state index < -0.39 is 5.97 Å². The van der Waals surface area contributed by atoms with Crippen LogP contribution in [0.4, 0.5) is 0 Å². The van der Waals surface area contributed by atoms with E-state index in [0.717, 1.165) is 0 Å². The number of carbonyl (C=O) groups excluding carboxylic acids is 3.